The molecule has 0 unspecified atom stereocenters. The number of anilines is 2. The minimum absolute atomic E-state index is 0.618. The first-order valence-corrected chi connectivity index (χ1v) is 7.93. The van der Waals surface area contributed by atoms with Gasteiger partial charge in [0.15, 0.2) is 0 Å². The summed E-state index contributed by atoms with van der Waals surface area (Å²) >= 11 is 3.33. The summed E-state index contributed by atoms with van der Waals surface area (Å²) in [5.41, 5.74) is 1.24. The molecule has 0 fully saturated rings. The van der Waals surface area contributed by atoms with Crippen molar-refractivity contribution in [2.75, 3.05) is 10.6 Å². The third kappa shape index (κ3) is 2.91. The zero-order valence-electron chi connectivity index (χ0n) is 9.75. The van der Waals surface area contributed by atoms with Crippen LogP contribution in [0, 0.1) is 0 Å². The summed E-state index contributed by atoms with van der Waals surface area (Å²) in [6.45, 7) is 0. The Morgan fingerprint density at radius 2 is 1.39 bits per heavy atom. The van der Waals surface area contributed by atoms with Crippen molar-refractivity contribution in [2.24, 2.45) is 0 Å². The van der Waals surface area contributed by atoms with Crippen LogP contribution in [0.1, 0.15) is 0 Å². The molecule has 0 aliphatic heterocycles. The van der Waals surface area contributed by atoms with Gasteiger partial charge in [0.05, 0.1) is 17.6 Å². The van der Waals surface area contributed by atoms with E-state index in [-0.39, 0.29) is 0 Å². The molecule has 0 aliphatic carbocycles. The van der Waals surface area contributed by atoms with Crippen LogP contribution in [0.25, 0.3) is 0 Å². The lowest BCUT2D eigenvalue weighted by Crippen LogP contribution is -2.24. The highest BCUT2D eigenvalue weighted by molar-refractivity contribution is 9.10. The van der Waals surface area contributed by atoms with E-state index < -0.39 is 10.0 Å². The molecule has 0 aliphatic rings. The number of sulfonamides is 1. The highest BCUT2D eigenvalue weighted by atomic mass is 79.9. The van der Waals surface area contributed by atoms with Gasteiger partial charge in [-0.05, 0) is 36.4 Å². The molecule has 0 saturated heterocycles. The van der Waals surface area contributed by atoms with Gasteiger partial charge >= 0.3 is 0 Å². The number of rotatable bonds is 3. The van der Waals surface area contributed by atoms with Crippen LogP contribution in [0.15, 0.2) is 59.1 Å². The van der Waals surface area contributed by atoms with E-state index in [0.29, 0.717) is 11.4 Å². The van der Waals surface area contributed by atoms with E-state index in [1.54, 1.807) is 24.3 Å². The van der Waals surface area contributed by atoms with Gasteiger partial charge in [-0.3, -0.25) is 0 Å². The van der Waals surface area contributed by atoms with Crippen molar-refractivity contribution in [1.29, 1.82) is 0 Å². The van der Waals surface area contributed by atoms with Gasteiger partial charge in [-0.1, -0.05) is 34.1 Å². The molecule has 3 nitrogen and oxygen atoms in total. The molecule has 0 spiro atoms. The molecule has 0 saturated carbocycles. The van der Waals surface area contributed by atoms with Crippen molar-refractivity contribution < 1.29 is 8.42 Å². The number of benzene rings is 2. The summed E-state index contributed by atoms with van der Waals surface area (Å²) in [6, 6.07) is 16.2. The summed E-state index contributed by atoms with van der Waals surface area (Å²) in [5.74, 6) is 0. The lowest BCUT2D eigenvalue weighted by Gasteiger charge is -2.22. The molecule has 2 rings (SSSR count). The summed E-state index contributed by atoms with van der Waals surface area (Å²) < 4.78 is 26.1. The number of hydrogen-bond acceptors (Lipinski definition) is 2. The highest BCUT2D eigenvalue weighted by Gasteiger charge is 2.18. The van der Waals surface area contributed by atoms with Gasteiger partial charge < -0.3 is 0 Å². The van der Waals surface area contributed by atoms with Crippen LogP contribution in [-0.4, -0.2) is 14.7 Å². The Kier molecular flexibility index (Phi) is 3.73. The van der Waals surface area contributed by atoms with Crippen LogP contribution < -0.4 is 4.31 Å². The second-order valence-corrected chi connectivity index (χ2v) is 6.59. The molecule has 2 aromatic rings. The summed E-state index contributed by atoms with van der Waals surface area (Å²) in [6.07, 6.45) is 1.20. The van der Waals surface area contributed by atoms with Crippen molar-refractivity contribution in [3.05, 3.63) is 59.1 Å². The summed E-state index contributed by atoms with van der Waals surface area (Å²) in [7, 11) is -3.37. The summed E-state index contributed by atoms with van der Waals surface area (Å²) in [5, 5.41) is 0. The van der Waals surface area contributed by atoms with Gasteiger partial charge in [-0.25, -0.2) is 12.7 Å². The van der Waals surface area contributed by atoms with Gasteiger partial charge in [-0.2, -0.15) is 0 Å². The van der Waals surface area contributed by atoms with E-state index in [2.05, 4.69) is 15.9 Å². The minimum Gasteiger partial charge on any atom is -0.239 e. The molecule has 0 atom stereocenters. The normalized spacial score (nSPS) is 11.2. The van der Waals surface area contributed by atoms with Crippen molar-refractivity contribution in [3.8, 4) is 0 Å². The van der Waals surface area contributed by atoms with E-state index in [9.17, 15) is 8.42 Å². The standard InChI is InChI=1S/C13H12BrNO2S/c1-18(16,17)15(12-5-3-2-4-6-12)13-9-7-11(14)8-10-13/h2-10H,1H3. The van der Waals surface area contributed by atoms with E-state index in [1.807, 2.05) is 30.3 Å². The van der Waals surface area contributed by atoms with E-state index >= 15 is 0 Å². The van der Waals surface area contributed by atoms with Gasteiger partial charge in [0, 0.05) is 4.47 Å². The van der Waals surface area contributed by atoms with Crippen LogP contribution in [0.3, 0.4) is 0 Å². The Morgan fingerprint density at radius 3 is 1.89 bits per heavy atom. The van der Waals surface area contributed by atoms with Gasteiger partial charge in [0.25, 0.3) is 0 Å². The van der Waals surface area contributed by atoms with Crippen LogP contribution in [0.5, 0.6) is 0 Å². The maximum absolute atomic E-state index is 11.9. The molecule has 18 heavy (non-hydrogen) atoms. The molecule has 0 heterocycles. The number of nitrogens with zero attached hydrogens (tertiary/aromatic N) is 1. The number of para-hydroxylation sites is 1. The zero-order chi connectivity index (χ0) is 13.2. The Hall–Kier alpha value is -1.33. The zero-order valence-corrected chi connectivity index (χ0v) is 12.1. The Morgan fingerprint density at radius 1 is 0.889 bits per heavy atom. The molecule has 0 radical (unpaired) electrons. The Bertz CT molecular complexity index is 624. The molecular weight excluding hydrogens is 314 g/mol. The quantitative estimate of drug-likeness (QED) is 0.865. The van der Waals surface area contributed by atoms with Crippen LogP contribution in [0.4, 0.5) is 11.4 Å². The van der Waals surface area contributed by atoms with Crippen molar-refractivity contribution in [3.63, 3.8) is 0 Å². The lowest BCUT2D eigenvalue weighted by molar-refractivity contribution is 0.602. The van der Waals surface area contributed by atoms with Gasteiger partial charge in [-0.15, -0.1) is 0 Å². The smallest absolute Gasteiger partial charge is 0.236 e. The lowest BCUT2D eigenvalue weighted by atomic mass is 10.3. The van der Waals surface area contributed by atoms with E-state index in [4.69, 9.17) is 0 Å². The topological polar surface area (TPSA) is 37.4 Å². The molecule has 2 aromatic carbocycles. The molecule has 5 heteroatoms. The first-order chi connectivity index (χ1) is 8.48. The van der Waals surface area contributed by atoms with Crippen LogP contribution in [-0.2, 0) is 10.0 Å². The summed E-state index contributed by atoms with van der Waals surface area (Å²) in [4.78, 5) is 0. The largest absolute Gasteiger partial charge is 0.239 e. The fourth-order valence-corrected chi connectivity index (χ4v) is 2.95. The molecular formula is C13H12BrNO2S. The SMILES string of the molecule is CS(=O)(=O)N(c1ccccc1)c1ccc(Br)cc1. The maximum atomic E-state index is 11.9. The third-order valence-electron chi connectivity index (χ3n) is 2.38. The first-order valence-electron chi connectivity index (χ1n) is 5.29. The second-order valence-electron chi connectivity index (χ2n) is 3.84. The van der Waals surface area contributed by atoms with Gasteiger partial charge in [0.2, 0.25) is 10.0 Å². The van der Waals surface area contributed by atoms with E-state index in [0.717, 1.165) is 4.47 Å². The minimum atomic E-state index is -3.37. The van der Waals surface area contributed by atoms with Gasteiger partial charge in [0.1, 0.15) is 0 Å². The Balaban J connectivity index is 2.55. The molecule has 0 amide bonds. The maximum Gasteiger partial charge on any atom is 0.236 e. The fourth-order valence-electron chi connectivity index (χ4n) is 1.67. The fraction of sp³-hybridized carbons (Fsp3) is 0.0769. The van der Waals surface area contributed by atoms with Crippen LogP contribution in [0.2, 0.25) is 0 Å². The predicted molar refractivity (Wildman–Crippen MR) is 77.6 cm³/mol. The molecule has 94 valence electrons. The predicted octanol–water partition coefficient (Wildman–Crippen LogP) is 3.55. The monoisotopic (exact) mass is 325 g/mol. The van der Waals surface area contributed by atoms with Crippen molar-refractivity contribution in [2.45, 2.75) is 0 Å². The highest BCUT2D eigenvalue weighted by Crippen LogP contribution is 2.28. The third-order valence-corrected chi connectivity index (χ3v) is 4.00. The Labute approximate surface area is 115 Å². The van der Waals surface area contributed by atoms with Crippen molar-refractivity contribution >= 4 is 37.3 Å². The van der Waals surface area contributed by atoms with Crippen molar-refractivity contribution in [1.82, 2.24) is 0 Å². The first kappa shape index (κ1) is 13.1. The van der Waals surface area contributed by atoms with E-state index in [1.165, 1.54) is 10.6 Å². The molecule has 0 N–H and O–H groups in total. The second kappa shape index (κ2) is 5.12. The number of hydrogen-bond donors (Lipinski definition) is 0. The number of halogens is 1. The average molecular weight is 326 g/mol. The van der Waals surface area contributed by atoms with Crippen LogP contribution >= 0.6 is 15.9 Å². The molecule has 0 aromatic heterocycles. The average Bonchev–Trinajstić information content (AvgIpc) is 2.32. The molecule has 0 bridgehead atoms.